The van der Waals surface area contributed by atoms with Gasteiger partial charge in [-0.05, 0) is 24.3 Å². The van der Waals surface area contributed by atoms with Crippen LogP contribution in [0.15, 0.2) is 58.9 Å². The number of nitrogens with one attached hydrogen (secondary N) is 1. The van der Waals surface area contributed by atoms with Crippen molar-refractivity contribution in [3.8, 4) is 11.3 Å². The van der Waals surface area contributed by atoms with E-state index in [1.165, 1.54) is 0 Å². The van der Waals surface area contributed by atoms with Gasteiger partial charge in [-0.2, -0.15) is 13.2 Å². The summed E-state index contributed by atoms with van der Waals surface area (Å²) in [5.74, 6) is -1.03. The number of carbonyl (C=O) groups is 2. The SMILES string of the molecule is NC(=O)CSc1nc(-c2ccccc2)c(NC(=O)c2ccc(C(F)(F)F)cc2)s1. The van der Waals surface area contributed by atoms with Crippen molar-refractivity contribution in [2.45, 2.75) is 10.5 Å². The third-order valence-electron chi connectivity index (χ3n) is 3.69. The molecule has 0 saturated carbocycles. The lowest BCUT2D eigenvalue weighted by Crippen LogP contribution is -2.12. The Bertz CT molecular complexity index is 1020. The molecular weight excluding hydrogens is 423 g/mol. The average molecular weight is 437 g/mol. The van der Waals surface area contributed by atoms with Gasteiger partial charge in [0.2, 0.25) is 5.91 Å². The van der Waals surface area contributed by atoms with Gasteiger partial charge in [0.15, 0.2) is 4.34 Å². The first kappa shape index (κ1) is 20.9. The summed E-state index contributed by atoms with van der Waals surface area (Å²) in [5.41, 5.74) is 5.66. The third kappa shape index (κ3) is 5.36. The zero-order valence-corrected chi connectivity index (χ0v) is 16.3. The third-order valence-corrected chi connectivity index (χ3v) is 5.83. The quantitative estimate of drug-likeness (QED) is 0.550. The number of primary amides is 1. The van der Waals surface area contributed by atoms with Crippen molar-refractivity contribution in [3.05, 3.63) is 65.7 Å². The molecule has 1 heterocycles. The standard InChI is InChI=1S/C19H14F3N3O2S2/c20-19(21,22)13-8-6-12(7-9-13)16(27)25-17-15(11-4-2-1-3-5-11)24-18(29-17)28-10-14(23)26/h1-9H,10H2,(H2,23,26)(H,25,27). The van der Waals surface area contributed by atoms with E-state index in [-0.39, 0.29) is 11.3 Å². The molecule has 2 aromatic carbocycles. The Balaban J connectivity index is 1.86. The van der Waals surface area contributed by atoms with E-state index in [1.807, 2.05) is 30.3 Å². The molecule has 0 bridgehead atoms. The highest BCUT2D eigenvalue weighted by Crippen LogP contribution is 2.38. The summed E-state index contributed by atoms with van der Waals surface area (Å²) in [7, 11) is 0. The van der Waals surface area contributed by atoms with Gasteiger partial charge in [-0.3, -0.25) is 9.59 Å². The predicted molar refractivity (Wildman–Crippen MR) is 107 cm³/mol. The molecule has 0 radical (unpaired) electrons. The number of thioether (sulfide) groups is 1. The number of aromatic nitrogens is 1. The summed E-state index contributed by atoms with van der Waals surface area (Å²) in [6.07, 6.45) is -4.47. The summed E-state index contributed by atoms with van der Waals surface area (Å²) in [6.45, 7) is 0. The van der Waals surface area contributed by atoms with E-state index in [1.54, 1.807) is 0 Å². The van der Waals surface area contributed by atoms with Crippen molar-refractivity contribution < 1.29 is 22.8 Å². The van der Waals surface area contributed by atoms with Crippen LogP contribution in [0.4, 0.5) is 18.2 Å². The summed E-state index contributed by atoms with van der Waals surface area (Å²) < 4.78 is 38.6. The fourth-order valence-electron chi connectivity index (χ4n) is 2.36. The number of thiazole rings is 1. The van der Waals surface area contributed by atoms with Gasteiger partial charge in [-0.15, -0.1) is 0 Å². The van der Waals surface area contributed by atoms with Crippen LogP contribution < -0.4 is 11.1 Å². The van der Waals surface area contributed by atoms with Crippen LogP contribution >= 0.6 is 23.1 Å². The summed E-state index contributed by atoms with van der Waals surface area (Å²) >= 11 is 2.30. The second kappa shape index (κ2) is 8.66. The Hall–Kier alpha value is -2.85. The summed E-state index contributed by atoms with van der Waals surface area (Å²) in [4.78, 5) is 28.0. The number of nitrogens with zero attached hydrogens (tertiary/aromatic N) is 1. The van der Waals surface area contributed by atoms with Crippen LogP contribution in [-0.2, 0) is 11.0 Å². The van der Waals surface area contributed by atoms with Crippen molar-refractivity contribution >= 4 is 39.9 Å². The highest BCUT2D eigenvalue weighted by Gasteiger charge is 2.30. The maximum Gasteiger partial charge on any atom is 0.416 e. The largest absolute Gasteiger partial charge is 0.416 e. The van der Waals surface area contributed by atoms with Crippen molar-refractivity contribution in [1.82, 2.24) is 4.98 Å². The Morgan fingerprint density at radius 3 is 2.31 bits per heavy atom. The molecule has 3 aromatic rings. The van der Waals surface area contributed by atoms with Gasteiger partial charge >= 0.3 is 6.18 Å². The molecule has 0 spiro atoms. The van der Waals surface area contributed by atoms with Gasteiger partial charge < -0.3 is 11.1 Å². The topological polar surface area (TPSA) is 85.1 Å². The molecule has 5 nitrogen and oxygen atoms in total. The Kier molecular flexibility index (Phi) is 6.23. The molecule has 10 heteroatoms. The van der Waals surface area contributed by atoms with Crippen molar-refractivity contribution in [2.24, 2.45) is 5.73 Å². The monoisotopic (exact) mass is 437 g/mol. The minimum absolute atomic E-state index is 0.0357. The van der Waals surface area contributed by atoms with Gasteiger partial charge in [0.1, 0.15) is 10.7 Å². The first-order chi connectivity index (χ1) is 13.7. The maximum atomic E-state index is 12.7. The number of hydrogen-bond donors (Lipinski definition) is 2. The number of carbonyl (C=O) groups excluding carboxylic acids is 2. The molecule has 1 aromatic heterocycles. The lowest BCUT2D eigenvalue weighted by atomic mass is 10.1. The first-order valence-electron chi connectivity index (χ1n) is 8.20. The molecule has 0 saturated heterocycles. The molecule has 0 aliphatic carbocycles. The van der Waals surface area contributed by atoms with Crippen LogP contribution in [0.25, 0.3) is 11.3 Å². The molecule has 29 heavy (non-hydrogen) atoms. The highest BCUT2D eigenvalue weighted by molar-refractivity contribution is 8.01. The Morgan fingerprint density at radius 1 is 1.07 bits per heavy atom. The molecule has 3 N–H and O–H groups in total. The molecule has 0 atom stereocenters. The molecule has 0 aliphatic heterocycles. The number of rotatable bonds is 6. The number of anilines is 1. The molecular formula is C19H14F3N3O2S2. The van der Waals surface area contributed by atoms with Crippen LogP contribution in [0.1, 0.15) is 15.9 Å². The predicted octanol–water partition coefficient (Wildman–Crippen LogP) is 4.66. The van der Waals surface area contributed by atoms with Gasteiger partial charge in [-0.1, -0.05) is 53.4 Å². The van der Waals surface area contributed by atoms with Crippen LogP contribution in [0.3, 0.4) is 0 Å². The second-order valence-corrected chi connectivity index (χ2v) is 8.03. The number of benzene rings is 2. The Morgan fingerprint density at radius 2 is 1.72 bits per heavy atom. The van der Waals surface area contributed by atoms with E-state index >= 15 is 0 Å². The van der Waals surface area contributed by atoms with E-state index < -0.39 is 23.6 Å². The van der Waals surface area contributed by atoms with E-state index in [9.17, 15) is 22.8 Å². The minimum atomic E-state index is -4.47. The number of nitrogens with two attached hydrogens (primary N) is 1. The van der Waals surface area contributed by atoms with Gasteiger partial charge in [0, 0.05) is 11.1 Å². The van der Waals surface area contributed by atoms with E-state index in [0.717, 1.165) is 52.9 Å². The van der Waals surface area contributed by atoms with Gasteiger partial charge in [-0.25, -0.2) is 4.98 Å². The van der Waals surface area contributed by atoms with Gasteiger partial charge in [0.05, 0.1) is 11.3 Å². The van der Waals surface area contributed by atoms with Crippen molar-refractivity contribution in [3.63, 3.8) is 0 Å². The molecule has 2 amide bonds. The van der Waals surface area contributed by atoms with Gasteiger partial charge in [0.25, 0.3) is 5.91 Å². The Labute approximate surface area is 172 Å². The van der Waals surface area contributed by atoms with Crippen LogP contribution in [0, 0.1) is 0 Å². The minimum Gasteiger partial charge on any atom is -0.369 e. The van der Waals surface area contributed by atoms with E-state index in [0.29, 0.717) is 15.0 Å². The van der Waals surface area contributed by atoms with Crippen LogP contribution in [-0.4, -0.2) is 22.6 Å². The molecule has 0 unspecified atom stereocenters. The van der Waals surface area contributed by atoms with Crippen molar-refractivity contribution in [1.29, 1.82) is 0 Å². The summed E-state index contributed by atoms with van der Waals surface area (Å²) in [6, 6.07) is 13.0. The molecule has 0 aliphatic rings. The second-order valence-electron chi connectivity index (χ2n) is 5.81. The fraction of sp³-hybridized carbons (Fsp3) is 0.105. The number of amides is 2. The lowest BCUT2D eigenvalue weighted by molar-refractivity contribution is -0.137. The zero-order chi connectivity index (χ0) is 21.0. The fourth-order valence-corrected chi connectivity index (χ4v) is 4.16. The lowest BCUT2D eigenvalue weighted by Gasteiger charge is -2.08. The smallest absolute Gasteiger partial charge is 0.369 e. The van der Waals surface area contributed by atoms with Crippen LogP contribution in [0.5, 0.6) is 0 Å². The number of alkyl halides is 3. The molecule has 3 rings (SSSR count). The summed E-state index contributed by atoms with van der Waals surface area (Å²) in [5, 5.41) is 3.12. The molecule has 150 valence electrons. The van der Waals surface area contributed by atoms with Crippen LogP contribution in [0.2, 0.25) is 0 Å². The average Bonchev–Trinajstić information content (AvgIpc) is 3.09. The normalized spacial score (nSPS) is 11.3. The molecule has 0 fully saturated rings. The zero-order valence-electron chi connectivity index (χ0n) is 14.7. The van der Waals surface area contributed by atoms with E-state index in [4.69, 9.17) is 5.73 Å². The first-order valence-corrected chi connectivity index (χ1v) is 10.00. The number of halogens is 3. The van der Waals surface area contributed by atoms with Crippen molar-refractivity contribution in [2.75, 3.05) is 11.1 Å². The maximum absolute atomic E-state index is 12.7. The highest BCUT2D eigenvalue weighted by atomic mass is 32.2. The van der Waals surface area contributed by atoms with E-state index in [2.05, 4.69) is 10.3 Å². The number of hydrogen-bond acceptors (Lipinski definition) is 5.